The molecule has 0 unspecified atom stereocenters. The van der Waals surface area contributed by atoms with Crippen molar-refractivity contribution in [2.24, 2.45) is 5.92 Å². The molecule has 0 amide bonds. The first-order valence-electron chi connectivity index (χ1n) is 9.47. The van der Waals surface area contributed by atoms with Crippen molar-refractivity contribution in [2.75, 3.05) is 26.3 Å². The van der Waals surface area contributed by atoms with E-state index < -0.39 is 5.97 Å². The highest BCUT2D eigenvalue weighted by Crippen LogP contribution is 2.30. The van der Waals surface area contributed by atoms with Gasteiger partial charge in [-0.1, -0.05) is 38.7 Å². The Labute approximate surface area is 150 Å². The largest absolute Gasteiger partial charge is 0.490 e. The minimum Gasteiger partial charge on any atom is -0.490 e. The van der Waals surface area contributed by atoms with Crippen LogP contribution in [0.4, 0.5) is 0 Å². The fraction of sp³-hybridized carbons (Fsp3) is 0.650. The van der Waals surface area contributed by atoms with Crippen LogP contribution in [0, 0.1) is 5.92 Å². The monoisotopic (exact) mass is 349 g/mol. The van der Waals surface area contributed by atoms with E-state index in [1.807, 2.05) is 25.1 Å². The fourth-order valence-electron chi connectivity index (χ4n) is 3.04. The summed E-state index contributed by atoms with van der Waals surface area (Å²) in [4.78, 5) is 13.0. The average molecular weight is 349 g/mol. The lowest BCUT2D eigenvalue weighted by atomic mass is 9.99. The van der Waals surface area contributed by atoms with Crippen LogP contribution in [-0.2, 0) is 11.3 Å². The number of ether oxygens (including phenoxy) is 2. The van der Waals surface area contributed by atoms with Crippen molar-refractivity contribution >= 4 is 5.97 Å². The zero-order valence-electron chi connectivity index (χ0n) is 15.5. The van der Waals surface area contributed by atoms with Crippen LogP contribution in [0.2, 0.25) is 0 Å². The molecule has 0 spiro atoms. The molecule has 1 aromatic carbocycles. The number of likely N-dealkylation sites (tertiary alicyclic amines) is 1. The van der Waals surface area contributed by atoms with E-state index in [0.29, 0.717) is 19.7 Å². The maximum Gasteiger partial charge on any atom is 0.309 e. The van der Waals surface area contributed by atoms with Crippen molar-refractivity contribution in [3.05, 3.63) is 23.8 Å². The fourth-order valence-corrected chi connectivity index (χ4v) is 3.04. The minimum absolute atomic E-state index is 0.221. The Morgan fingerprint density at radius 3 is 2.56 bits per heavy atom. The number of nitrogens with zero attached hydrogens (tertiary/aromatic N) is 1. The van der Waals surface area contributed by atoms with Gasteiger partial charge in [-0.2, -0.15) is 0 Å². The molecule has 140 valence electrons. The predicted molar refractivity (Wildman–Crippen MR) is 98.3 cm³/mol. The van der Waals surface area contributed by atoms with Gasteiger partial charge in [-0.05, 0) is 31.0 Å². The quantitative estimate of drug-likeness (QED) is 0.579. The van der Waals surface area contributed by atoms with E-state index in [4.69, 9.17) is 14.6 Å². The van der Waals surface area contributed by atoms with Crippen LogP contribution in [0.1, 0.15) is 51.5 Å². The number of aliphatic carboxylic acids is 1. The molecule has 1 fully saturated rings. The molecule has 0 atom stereocenters. The summed E-state index contributed by atoms with van der Waals surface area (Å²) in [6, 6.07) is 6.04. The summed E-state index contributed by atoms with van der Waals surface area (Å²) in [5, 5.41) is 8.95. The molecule has 1 aromatic rings. The van der Waals surface area contributed by atoms with E-state index >= 15 is 0 Å². The van der Waals surface area contributed by atoms with E-state index in [9.17, 15) is 4.79 Å². The van der Waals surface area contributed by atoms with Crippen LogP contribution in [0.25, 0.3) is 0 Å². The van der Waals surface area contributed by atoms with Gasteiger partial charge in [0.2, 0.25) is 0 Å². The van der Waals surface area contributed by atoms with Gasteiger partial charge in [-0.25, -0.2) is 0 Å². The maximum atomic E-state index is 10.9. The van der Waals surface area contributed by atoms with Gasteiger partial charge in [0.1, 0.15) is 0 Å². The van der Waals surface area contributed by atoms with Gasteiger partial charge in [0, 0.05) is 19.6 Å². The summed E-state index contributed by atoms with van der Waals surface area (Å²) >= 11 is 0. The first kappa shape index (κ1) is 19.6. The number of rotatable bonds is 12. The number of hydrogen-bond acceptors (Lipinski definition) is 4. The van der Waals surface area contributed by atoms with Crippen molar-refractivity contribution in [3.63, 3.8) is 0 Å². The molecule has 2 rings (SSSR count). The second-order valence-electron chi connectivity index (χ2n) is 6.71. The topological polar surface area (TPSA) is 59.0 Å². The van der Waals surface area contributed by atoms with Crippen molar-refractivity contribution in [1.82, 2.24) is 4.90 Å². The van der Waals surface area contributed by atoms with Crippen LogP contribution in [-0.4, -0.2) is 42.3 Å². The molecule has 1 aliphatic heterocycles. The standard InChI is InChI=1S/C20H31NO4/c1-3-5-6-7-8-11-25-18-10-9-16(12-19(18)24-4-2)13-21-14-17(15-21)20(22)23/h9-10,12,17H,3-8,11,13-15H2,1-2H3,(H,22,23). The Morgan fingerprint density at radius 1 is 1.12 bits per heavy atom. The summed E-state index contributed by atoms with van der Waals surface area (Å²) in [7, 11) is 0. The SMILES string of the molecule is CCCCCCCOc1ccc(CN2CC(C(=O)O)C2)cc1OCC. The van der Waals surface area contributed by atoms with E-state index in [1.54, 1.807) is 0 Å². The smallest absolute Gasteiger partial charge is 0.309 e. The van der Waals surface area contributed by atoms with Crippen molar-refractivity contribution in [2.45, 2.75) is 52.5 Å². The molecule has 25 heavy (non-hydrogen) atoms. The van der Waals surface area contributed by atoms with Gasteiger partial charge >= 0.3 is 5.97 Å². The second-order valence-corrected chi connectivity index (χ2v) is 6.71. The Balaban J connectivity index is 1.83. The van der Waals surface area contributed by atoms with Crippen LogP contribution >= 0.6 is 0 Å². The molecule has 5 nitrogen and oxygen atoms in total. The highest BCUT2D eigenvalue weighted by Gasteiger charge is 2.32. The molecule has 1 aliphatic rings. The summed E-state index contributed by atoms with van der Waals surface area (Å²) in [6.45, 7) is 7.49. The molecule has 1 heterocycles. The Morgan fingerprint density at radius 2 is 1.88 bits per heavy atom. The number of unbranched alkanes of at least 4 members (excludes halogenated alkanes) is 4. The summed E-state index contributed by atoms with van der Waals surface area (Å²) in [6.07, 6.45) is 6.08. The molecule has 0 saturated carbocycles. The van der Waals surface area contributed by atoms with E-state index in [2.05, 4.69) is 11.8 Å². The molecule has 0 aromatic heterocycles. The molecule has 1 N–H and O–H groups in total. The maximum absolute atomic E-state index is 10.9. The van der Waals surface area contributed by atoms with Gasteiger partial charge < -0.3 is 14.6 Å². The third-order valence-corrected chi connectivity index (χ3v) is 4.53. The number of carboxylic acids is 1. The number of carbonyl (C=O) groups is 1. The predicted octanol–water partition coefficient (Wildman–Crippen LogP) is 3.95. The van der Waals surface area contributed by atoms with Gasteiger partial charge in [0.25, 0.3) is 0 Å². The molecular weight excluding hydrogens is 318 g/mol. The number of carboxylic acid groups (broad SMARTS) is 1. The Hall–Kier alpha value is -1.75. The van der Waals surface area contributed by atoms with Crippen molar-refractivity contribution in [1.29, 1.82) is 0 Å². The van der Waals surface area contributed by atoms with Gasteiger partial charge in [0.05, 0.1) is 19.1 Å². The molecule has 0 aliphatic carbocycles. The third kappa shape index (κ3) is 6.24. The van der Waals surface area contributed by atoms with Crippen molar-refractivity contribution < 1.29 is 19.4 Å². The molecule has 5 heteroatoms. The minimum atomic E-state index is -0.700. The van der Waals surface area contributed by atoms with Crippen molar-refractivity contribution in [3.8, 4) is 11.5 Å². The summed E-state index contributed by atoms with van der Waals surface area (Å²) in [5.74, 6) is 0.660. The molecular formula is C20H31NO4. The first-order chi connectivity index (χ1) is 12.1. The Bertz CT molecular complexity index is 540. The van der Waals surface area contributed by atoms with Crippen LogP contribution < -0.4 is 9.47 Å². The summed E-state index contributed by atoms with van der Waals surface area (Å²) in [5.41, 5.74) is 1.13. The summed E-state index contributed by atoms with van der Waals surface area (Å²) < 4.78 is 11.6. The van der Waals surface area contributed by atoms with E-state index in [-0.39, 0.29) is 5.92 Å². The number of hydrogen-bond donors (Lipinski definition) is 1. The number of benzene rings is 1. The lowest BCUT2D eigenvalue weighted by Gasteiger charge is -2.36. The average Bonchev–Trinajstić information content (AvgIpc) is 2.55. The van der Waals surface area contributed by atoms with E-state index in [1.165, 1.54) is 25.7 Å². The van der Waals surface area contributed by atoms with Gasteiger partial charge in [-0.15, -0.1) is 0 Å². The van der Waals surface area contributed by atoms with Crippen LogP contribution in [0.3, 0.4) is 0 Å². The lowest BCUT2D eigenvalue weighted by molar-refractivity contribution is -0.147. The first-order valence-corrected chi connectivity index (χ1v) is 9.47. The normalized spacial score (nSPS) is 15.0. The highest BCUT2D eigenvalue weighted by molar-refractivity contribution is 5.71. The second kappa shape index (κ2) is 10.3. The molecule has 0 radical (unpaired) electrons. The van der Waals surface area contributed by atoms with Gasteiger partial charge in [0.15, 0.2) is 11.5 Å². The van der Waals surface area contributed by atoms with Gasteiger partial charge in [-0.3, -0.25) is 9.69 Å². The zero-order chi connectivity index (χ0) is 18.1. The van der Waals surface area contributed by atoms with E-state index in [0.717, 1.165) is 36.6 Å². The zero-order valence-corrected chi connectivity index (χ0v) is 15.5. The highest BCUT2D eigenvalue weighted by atomic mass is 16.5. The lowest BCUT2D eigenvalue weighted by Crippen LogP contribution is -2.49. The molecule has 0 bridgehead atoms. The third-order valence-electron chi connectivity index (χ3n) is 4.53. The van der Waals surface area contributed by atoms with Crippen LogP contribution in [0.15, 0.2) is 18.2 Å². The molecule has 1 saturated heterocycles. The Kier molecular flexibility index (Phi) is 8.06. The van der Waals surface area contributed by atoms with Crippen LogP contribution in [0.5, 0.6) is 11.5 Å².